The summed E-state index contributed by atoms with van der Waals surface area (Å²) in [6.45, 7) is 3.76. The van der Waals surface area contributed by atoms with Crippen molar-refractivity contribution < 1.29 is 18.3 Å². The Balaban J connectivity index is 3.06. The van der Waals surface area contributed by atoms with Crippen LogP contribution >= 0.6 is 0 Å². The number of hydrogen-bond donors (Lipinski definition) is 2. The molecule has 0 heterocycles. The van der Waals surface area contributed by atoms with Crippen LogP contribution in [-0.2, 0) is 10.0 Å². The van der Waals surface area contributed by atoms with Crippen LogP contribution in [0, 0.1) is 13.8 Å². The van der Waals surface area contributed by atoms with Crippen LogP contribution in [0.1, 0.15) is 17.5 Å². The van der Waals surface area contributed by atoms with Crippen molar-refractivity contribution in [2.24, 2.45) is 0 Å². The van der Waals surface area contributed by atoms with Crippen LogP contribution in [0.25, 0.3) is 0 Å². The molecule has 0 radical (unpaired) electrons. The van der Waals surface area contributed by atoms with Crippen LogP contribution in [0.5, 0.6) is 5.75 Å². The summed E-state index contributed by atoms with van der Waals surface area (Å²) in [5.41, 5.74) is 1.48. The number of aliphatic hydroxyl groups is 1. The molecule has 0 aliphatic carbocycles. The molecule has 0 saturated heterocycles. The molecule has 0 amide bonds. The highest BCUT2D eigenvalue weighted by Crippen LogP contribution is 2.26. The average molecular weight is 273 g/mol. The second-order valence-corrected chi connectivity index (χ2v) is 5.73. The van der Waals surface area contributed by atoms with Crippen molar-refractivity contribution in [2.75, 3.05) is 20.3 Å². The summed E-state index contributed by atoms with van der Waals surface area (Å²) < 4.78 is 31.7. The molecule has 1 rings (SSSR count). The lowest BCUT2D eigenvalue weighted by Crippen LogP contribution is -2.26. The van der Waals surface area contributed by atoms with Crippen molar-refractivity contribution in [2.45, 2.75) is 25.2 Å². The molecule has 1 aromatic carbocycles. The monoisotopic (exact) mass is 273 g/mol. The Hall–Kier alpha value is -1.11. The van der Waals surface area contributed by atoms with Crippen molar-refractivity contribution >= 4 is 10.0 Å². The molecule has 0 fully saturated rings. The molecule has 0 atom stereocenters. The smallest absolute Gasteiger partial charge is 0.240 e. The zero-order chi connectivity index (χ0) is 13.8. The minimum Gasteiger partial charge on any atom is -0.496 e. The first kappa shape index (κ1) is 14.9. The highest BCUT2D eigenvalue weighted by atomic mass is 32.2. The normalized spacial score (nSPS) is 11.6. The van der Waals surface area contributed by atoms with Gasteiger partial charge in [-0.3, -0.25) is 0 Å². The van der Waals surface area contributed by atoms with Crippen LogP contribution in [0.3, 0.4) is 0 Å². The summed E-state index contributed by atoms with van der Waals surface area (Å²) in [6, 6.07) is 3.17. The van der Waals surface area contributed by atoms with Gasteiger partial charge in [0, 0.05) is 13.2 Å². The summed E-state index contributed by atoms with van der Waals surface area (Å²) in [6.07, 6.45) is 0.396. The number of sulfonamides is 1. The fourth-order valence-electron chi connectivity index (χ4n) is 1.65. The molecule has 0 aromatic heterocycles. The van der Waals surface area contributed by atoms with Gasteiger partial charge in [-0.05, 0) is 43.5 Å². The van der Waals surface area contributed by atoms with E-state index in [1.165, 1.54) is 6.07 Å². The molecule has 0 saturated carbocycles. The van der Waals surface area contributed by atoms with Gasteiger partial charge >= 0.3 is 0 Å². The highest BCUT2D eigenvalue weighted by molar-refractivity contribution is 7.89. The van der Waals surface area contributed by atoms with E-state index in [0.717, 1.165) is 5.56 Å². The number of rotatable bonds is 6. The number of aliphatic hydroxyl groups excluding tert-OH is 1. The zero-order valence-electron chi connectivity index (χ0n) is 10.9. The Kier molecular flexibility index (Phi) is 5.13. The Bertz CT molecular complexity index is 511. The summed E-state index contributed by atoms with van der Waals surface area (Å²) in [7, 11) is -1.98. The molecule has 0 unspecified atom stereocenters. The predicted octanol–water partition coefficient (Wildman–Crippen LogP) is 0.973. The first-order valence-electron chi connectivity index (χ1n) is 5.68. The first-order chi connectivity index (χ1) is 8.44. The van der Waals surface area contributed by atoms with E-state index in [1.54, 1.807) is 20.1 Å². The standard InChI is InChI=1S/C12H19NO4S/c1-9-10(2)12(6-5-11(9)17-3)18(15,16)13-7-4-8-14/h5-6,13-14H,4,7-8H2,1-3H3. The summed E-state index contributed by atoms with van der Waals surface area (Å²) in [5, 5.41) is 8.65. The van der Waals surface area contributed by atoms with Crippen LogP contribution in [-0.4, -0.2) is 33.8 Å². The first-order valence-corrected chi connectivity index (χ1v) is 7.17. The highest BCUT2D eigenvalue weighted by Gasteiger charge is 2.18. The van der Waals surface area contributed by atoms with Crippen molar-refractivity contribution in [3.8, 4) is 5.75 Å². The van der Waals surface area contributed by atoms with Gasteiger partial charge in [0.1, 0.15) is 5.75 Å². The molecule has 6 heteroatoms. The van der Waals surface area contributed by atoms with Crippen LogP contribution in [0.15, 0.2) is 17.0 Å². The van der Waals surface area contributed by atoms with Gasteiger partial charge < -0.3 is 9.84 Å². The maximum absolute atomic E-state index is 12.0. The molecule has 2 N–H and O–H groups in total. The van der Waals surface area contributed by atoms with E-state index in [1.807, 2.05) is 6.92 Å². The third kappa shape index (κ3) is 3.22. The van der Waals surface area contributed by atoms with Crippen LogP contribution in [0.2, 0.25) is 0 Å². The van der Waals surface area contributed by atoms with Crippen LogP contribution < -0.4 is 9.46 Å². The number of ether oxygens (including phenoxy) is 1. The summed E-state index contributed by atoms with van der Waals surface area (Å²) in [4.78, 5) is 0.249. The van der Waals surface area contributed by atoms with Gasteiger partial charge in [-0.1, -0.05) is 0 Å². The summed E-state index contributed by atoms with van der Waals surface area (Å²) >= 11 is 0. The largest absolute Gasteiger partial charge is 0.496 e. The molecule has 0 spiro atoms. The lowest BCUT2D eigenvalue weighted by molar-refractivity contribution is 0.289. The lowest BCUT2D eigenvalue weighted by atomic mass is 10.1. The molecule has 0 bridgehead atoms. The van der Waals surface area contributed by atoms with Gasteiger partial charge in [-0.25, -0.2) is 13.1 Å². The number of hydrogen-bond acceptors (Lipinski definition) is 4. The third-order valence-corrected chi connectivity index (χ3v) is 4.43. The fraction of sp³-hybridized carbons (Fsp3) is 0.500. The molecule has 0 aliphatic heterocycles. The third-order valence-electron chi connectivity index (χ3n) is 2.82. The SMILES string of the molecule is COc1ccc(S(=O)(=O)NCCCO)c(C)c1C. The Labute approximate surface area is 108 Å². The van der Waals surface area contributed by atoms with Crippen molar-refractivity contribution in [1.82, 2.24) is 4.72 Å². The van der Waals surface area contributed by atoms with E-state index < -0.39 is 10.0 Å². The average Bonchev–Trinajstić information content (AvgIpc) is 2.32. The minimum atomic E-state index is -3.53. The van der Waals surface area contributed by atoms with Gasteiger partial charge in [0.05, 0.1) is 12.0 Å². The maximum Gasteiger partial charge on any atom is 0.240 e. The van der Waals surface area contributed by atoms with Crippen molar-refractivity contribution in [1.29, 1.82) is 0 Å². The van der Waals surface area contributed by atoms with Crippen LogP contribution in [0.4, 0.5) is 0 Å². The summed E-state index contributed by atoms with van der Waals surface area (Å²) in [5.74, 6) is 0.668. The molecule has 5 nitrogen and oxygen atoms in total. The van der Waals surface area contributed by atoms with E-state index in [9.17, 15) is 8.42 Å². The van der Waals surface area contributed by atoms with E-state index >= 15 is 0 Å². The number of methoxy groups -OCH3 is 1. The molecular weight excluding hydrogens is 254 g/mol. The fourth-order valence-corrected chi connectivity index (χ4v) is 3.02. The Morgan fingerprint density at radius 3 is 2.50 bits per heavy atom. The van der Waals surface area contributed by atoms with Gasteiger partial charge in [0.2, 0.25) is 10.0 Å². The van der Waals surface area contributed by atoms with E-state index in [2.05, 4.69) is 4.72 Å². The van der Waals surface area contributed by atoms with E-state index in [-0.39, 0.29) is 18.0 Å². The maximum atomic E-state index is 12.0. The van der Waals surface area contributed by atoms with Gasteiger partial charge in [0.25, 0.3) is 0 Å². The molecule has 0 aliphatic rings. The second-order valence-electron chi connectivity index (χ2n) is 3.99. The van der Waals surface area contributed by atoms with Gasteiger partial charge in [0.15, 0.2) is 0 Å². The lowest BCUT2D eigenvalue weighted by Gasteiger charge is -2.13. The quantitative estimate of drug-likeness (QED) is 0.757. The molecule has 1 aromatic rings. The van der Waals surface area contributed by atoms with Crippen molar-refractivity contribution in [3.63, 3.8) is 0 Å². The van der Waals surface area contributed by atoms with Gasteiger partial charge in [-0.15, -0.1) is 0 Å². The topological polar surface area (TPSA) is 75.6 Å². The number of nitrogens with one attached hydrogen (secondary N) is 1. The van der Waals surface area contributed by atoms with Gasteiger partial charge in [-0.2, -0.15) is 0 Å². The van der Waals surface area contributed by atoms with E-state index in [0.29, 0.717) is 17.7 Å². The van der Waals surface area contributed by atoms with Crippen molar-refractivity contribution in [3.05, 3.63) is 23.3 Å². The second kappa shape index (κ2) is 6.17. The minimum absolute atomic E-state index is 0.0385. The Morgan fingerprint density at radius 2 is 1.94 bits per heavy atom. The molecule has 102 valence electrons. The predicted molar refractivity (Wildman–Crippen MR) is 69.4 cm³/mol. The number of benzene rings is 1. The zero-order valence-corrected chi connectivity index (χ0v) is 11.7. The molecule has 18 heavy (non-hydrogen) atoms. The Morgan fingerprint density at radius 1 is 1.28 bits per heavy atom. The van der Waals surface area contributed by atoms with E-state index in [4.69, 9.17) is 9.84 Å². The molecular formula is C12H19NO4S.